The molecule has 0 amide bonds. The summed E-state index contributed by atoms with van der Waals surface area (Å²) in [4.78, 5) is 16.5. The molecule has 0 N–H and O–H groups in total. The Balaban J connectivity index is 1.84. The highest BCUT2D eigenvalue weighted by atomic mass is 32.2. The van der Waals surface area contributed by atoms with Crippen molar-refractivity contribution in [1.82, 2.24) is 4.98 Å². The Bertz CT molecular complexity index is 927. The van der Waals surface area contributed by atoms with Crippen LogP contribution in [0.3, 0.4) is 0 Å². The minimum atomic E-state index is -0.181. The van der Waals surface area contributed by atoms with E-state index in [0.29, 0.717) is 6.61 Å². The number of nitrogens with zero attached hydrogens (tertiary/aromatic N) is 1. The topological polar surface area (TPSA) is 48.4 Å². The number of pyridine rings is 1. The molecule has 1 unspecified atom stereocenters. The van der Waals surface area contributed by atoms with Crippen LogP contribution in [0, 0.1) is 0 Å². The van der Waals surface area contributed by atoms with Gasteiger partial charge in [0.05, 0.1) is 24.3 Å². The van der Waals surface area contributed by atoms with Crippen molar-refractivity contribution < 1.29 is 14.3 Å². The highest BCUT2D eigenvalue weighted by Gasteiger charge is 2.28. The fourth-order valence-electron chi connectivity index (χ4n) is 2.96. The van der Waals surface area contributed by atoms with Crippen LogP contribution in [0.15, 0.2) is 59.6 Å². The fourth-order valence-corrected chi connectivity index (χ4v) is 3.96. The maximum absolute atomic E-state index is 11.8. The van der Waals surface area contributed by atoms with Gasteiger partial charge in [-0.05, 0) is 29.3 Å². The van der Waals surface area contributed by atoms with E-state index in [1.54, 1.807) is 7.11 Å². The van der Waals surface area contributed by atoms with E-state index >= 15 is 0 Å². The maximum atomic E-state index is 11.8. The second-order valence-corrected chi connectivity index (χ2v) is 7.04. The molecule has 1 atom stereocenters. The molecule has 0 spiro atoms. The van der Waals surface area contributed by atoms with Crippen molar-refractivity contribution in [3.63, 3.8) is 0 Å². The van der Waals surface area contributed by atoms with Crippen LogP contribution in [0.25, 0.3) is 22.0 Å². The molecule has 1 aliphatic heterocycles. The molecule has 25 heavy (non-hydrogen) atoms. The summed E-state index contributed by atoms with van der Waals surface area (Å²) < 4.78 is 10.4. The van der Waals surface area contributed by atoms with Crippen molar-refractivity contribution in [3.8, 4) is 16.9 Å². The second-order valence-electron chi connectivity index (χ2n) is 5.82. The van der Waals surface area contributed by atoms with E-state index in [4.69, 9.17) is 14.5 Å². The molecule has 1 saturated heterocycles. The zero-order valence-corrected chi connectivity index (χ0v) is 14.6. The van der Waals surface area contributed by atoms with E-state index in [1.807, 2.05) is 36.4 Å². The lowest BCUT2D eigenvalue weighted by molar-refractivity contribution is -0.137. The smallest absolute Gasteiger partial charge is 0.319 e. The summed E-state index contributed by atoms with van der Waals surface area (Å²) in [5.41, 5.74) is 3.08. The highest BCUT2D eigenvalue weighted by Crippen LogP contribution is 2.36. The van der Waals surface area contributed by atoms with Gasteiger partial charge in [0.1, 0.15) is 11.0 Å². The van der Waals surface area contributed by atoms with Gasteiger partial charge >= 0.3 is 5.97 Å². The Kier molecular flexibility index (Phi) is 4.32. The van der Waals surface area contributed by atoms with Crippen molar-refractivity contribution in [2.45, 2.75) is 16.7 Å². The van der Waals surface area contributed by atoms with E-state index in [0.717, 1.165) is 39.2 Å². The number of cyclic esters (lactones) is 1. The lowest BCUT2D eigenvalue weighted by atomic mass is 10.0. The minimum Gasteiger partial charge on any atom is -0.497 e. The Morgan fingerprint density at radius 3 is 2.72 bits per heavy atom. The average molecular weight is 351 g/mol. The first-order valence-electron chi connectivity index (χ1n) is 8.12. The monoisotopic (exact) mass is 351 g/mol. The third kappa shape index (κ3) is 3.20. The van der Waals surface area contributed by atoms with Crippen LogP contribution in [-0.4, -0.2) is 29.9 Å². The number of carbonyl (C=O) groups is 1. The van der Waals surface area contributed by atoms with Crippen LogP contribution in [-0.2, 0) is 9.53 Å². The molecule has 0 radical (unpaired) electrons. The summed E-state index contributed by atoms with van der Waals surface area (Å²) in [5.74, 6) is 0.611. The summed E-state index contributed by atoms with van der Waals surface area (Å²) in [6.45, 7) is 0.490. The van der Waals surface area contributed by atoms with Crippen molar-refractivity contribution in [2.75, 3.05) is 13.7 Å². The number of ether oxygens (including phenoxy) is 2. The summed E-state index contributed by atoms with van der Waals surface area (Å²) >= 11 is 1.47. The molecule has 4 nitrogen and oxygen atoms in total. The number of fused-ring (bicyclic) bond motifs is 1. The third-order valence-corrected chi connectivity index (χ3v) is 5.39. The number of rotatable bonds is 4. The van der Waals surface area contributed by atoms with Crippen LogP contribution >= 0.6 is 11.8 Å². The summed E-state index contributed by atoms with van der Waals surface area (Å²) in [7, 11) is 1.65. The molecule has 0 saturated carbocycles. The molecular weight excluding hydrogens is 334 g/mol. The van der Waals surface area contributed by atoms with Crippen molar-refractivity contribution >= 4 is 28.6 Å². The number of aromatic nitrogens is 1. The molecule has 1 aliphatic rings. The lowest BCUT2D eigenvalue weighted by Gasteiger charge is -2.12. The molecule has 5 heteroatoms. The Labute approximate surface area is 150 Å². The minimum absolute atomic E-state index is 0.154. The molecule has 3 aromatic rings. The molecule has 126 valence electrons. The van der Waals surface area contributed by atoms with Gasteiger partial charge in [0.25, 0.3) is 0 Å². The highest BCUT2D eigenvalue weighted by molar-refractivity contribution is 8.00. The van der Waals surface area contributed by atoms with Gasteiger partial charge in [-0.15, -0.1) is 0 Å². The molecule has 0 bridgehead atoms. The first-order chi connectivity index (χ1) is 12.2. The number of hydrogen-bond donors (Lipinski definition) is 0. The number of hydrogen-bond acceptors (Lipinski definition) is 5. The predicted octanol–water partition coefficient (Wildman–Crippen LogP) is 4.32. The summed E-state index contributed by atoms with van der Waals surface area (Å²) in [6.07, 6.45) is 0.724. The largest absolute Gasteiger partial charge is 0.497 e. The van der Waals surface area contributed by atoms with Gasteiger partial charge in [0, 0.05) is 17.9 Å². The number of methoxy groups -OCH3 is 1. The van der Waals surface area contributed by atoms with Crippen LogP contribution in [0.1, 0.15) is 6.42 Å². The Morgan fingerprint density at radius 2 is 2.00 bits per heavy atom. The Morgan fingerprint density at radius 1 is 1.16 bits per heavy atom. The van der Waals surface area contributed by atoms with E-state index in [1.165, 1.54) is 11.8 Å². The number of carbonyl (C=O) groups excluding carboxylic acids is 1. The van der Waals surface area contributed by atoms with Gasteiger partial charge in [-0.2, -0.15) is 0 Å². The van der Waals surface area contributed by atoms with Crippen molar-refractivity contribution in [2.24, 2.45) is 0 Å². The number of esters is 1. The molecule has 2 aromatic carbocycles. The standard InChI is InChI=1S/C20H17NO3S/c1-23-14-7-8-15-16(13-5-3-2-4-6-13)12-19(21-17(15)11-14)25-18-9-10-24-20(18)22/h2-8,11-12,18H,9-10H2,1H3. The lowest BCUT2D eigenvalue weighted by Crippen LogP contribution is -2.09. The number of thioether (sulfide) groups is 1. The first kappa shape index (κ1) is 16.0. The van der Waals surface area contributed by atoms with E-state index < -0.39 is 0 Å². The van der Waals surface area contributed by atoms with Crippen LogP contribution in [0.2, 0.25) is 0 Å². The SMILES string of the molecule is COc1ccc2c(-c3ccccc3)cc(SC3CCOC3=O)nc2c1. The molecule has 2 heterocycles. The quantitative estimate of drug-likeness (QED) is 0.655. The van der Waals surface area contributed by atoms with Crippen molar-refractivity contribution in [1.29, 1.82) is 0 Å². The van der Waals surface area contributed by atoms with Gasteiger partial charge in [0.15, 0.2) is 0 Å². The summed E-state index contributed by atoms with van der Waals surface area (Å²) in [5, 5.41) is 1.70. The van der Waals surface area contributed by atoms with Crippen LogP contribution in [0.5, 0.6) is 5.75 Å². The maximum Gasteiger partial charge on any atom is 0.319 e. The predicted molar refractivity (Wildman–Crippen MR) is 99.0 cm³/mol. The molecule has 1 aromatic heterocycles. The summed E-state index contributed by atoms with van der Waals surface area (Å²) in [6, 6.07) is 18.2. The van der Waals surface area contributed by atoms with Crippen LogP contribution in [0.4, 0.5) is 0 Å². The second kappa shape index (κ2) is 6.76. The average Bonchev–Trinajstić information content (AvgIpc) is 3.06. The van der Waals surface area contributed by atoms with Gasteiger partial charge in [-0.25, -0.2) is 4.98 Å². The number of benzene rings is 2. The zero-order valence-electron chi connectivity index (χ0n) is 13.8. The van der Waals surface area contributed by atoms with Crippen LogP contribution < -0.4 is 4.74 Å². The van der Waals surface area contributed by atoms with E-state index in [-0.39, 0.29) is 11.2 Å². The third-order valence-electron chi connectivity index (χ3n) is 4.23. The van der Waals surface area contributed by atoms with Gasteiger partial charge in [-0.3, -0.25) is 4.79 Å². The molecule has 1 fully saturated rings. The zero-order chi connectivity index (χ0) is 17.2. The fraction of sp³-hybridized carbons (Fsp3) is 0.200. The molecular formula is C20H17NO3S. The molecule has 4 rings (SSSR count). The van der Waals surface area contributed by atoms with Crippen molar-refractivity contribution in [3.05, 3.63) is 54.6 Å². The Hall–Kier alpha value is -2.53. The normalized spacial score (nSPS) is 16.8. The van der Waals surface area contributed by atoms with E-state index in [2.05, 4.69) is 18.2 Å². The van der Waals surface area contributed by atoms with Gasteiger partial charge in [-0.1, -0.05) is 42.1 Å². The first-order valence-corrected chi connectivity index (χ1v) is 9.00. The van der Waals surface area contributed by atoms with Gasteiger partial charge in [0.2, 0.25) is 0 Å². The molecule has 0 aliphatic carbocycles. The van der Waals surface area contributed by atoms with Gasteiger partial charge < -0.3 is 9.47 Å². The van der Waals surface area contributed by atoms with E-state index in [9.17, 15) is 4.79 Å².